The van der Waals surface area contributed by atoms with Gasteiger partial charge in [-0.05, 0) is 36.1 Å². The van der Waals surface area contributed by atoms with Crippen LogP contribution in [-0.2, 0) is 13.0 Å². The van der Waals surface area contributed by atoms with Crippen molar-refractivity contribution in [3.8, 4) is 0 Å². The minimum atomic E-state index is 0.238. The Bertz CT molecular complexity index is 911. The first kappa shape index (κ1) is 16.9. The van der Waals surface area contributed by atoms with Crippen molar-refractivity contribution in [1.82, 2.24) is 14.9 Å². The molecule has 1 aliphatic rings. The van der Waals surface area contributed by atoms with Crippen LogP contribution in [0.5, 0.6) is 0 Å². The van der Waals surface area contributed by atoms with E-state index in [2.05, 4.69) is 45.3 Å². The van der Waals surface area contributed by atoms with Gasteiger partial charge in [-0.3, -0.25) is 9.88 Å². The van der Waals surface area contributed by atoms with Crippen LogP contribution in [0.25, 0.3) is 10.9 Å². The molecule has 5 heteroatoms. The van der Waals surface area contributed by atoms with Crippen molar-refractivity contribution >= 4 is 22.4 Å². The van der Waals surface area contributed by atoms with Gasteiger partial charge in [-0.25, -0.2) is 4.98 Å². The molecule has 0 spiro atoms. The third-order valence-electron chi connectivity index (χ3n) is 4.96. The van der Waals surface area contributed by atoms with E-state index in [1.54, 1.807) is 0 Å². The molecule has 0 radical (unpaired) electrons. The summed E-state index contributed by atoms with van der Waals surface area (Å²) < 4.78 is 0. The molecule has 1 atom stereocenters. The summed E-state index contributed by atoms with van der Waals surface area (Å²) in [5.41, 5.74) is 4.55. The van der Waals surface area contributed by atoms with E-state index in [-0.39, 0.29) is 6.61 Å². The highest BCUT2D eigenvalue weighted by Crippen LogP contribution is 2.27. The van der Waals surface area contributed by atoms with Crippen molar-refractivity contribution in [2.45, 2.75) is 19.9 Å². The van der Waals surface area contributed by atoms with E-state index in [9.17, 15) is 5.11 Å². The molecule has 5 nitrogen and oxygen atoms in total. The van der Waals surface area contributed by atoms with Crippen LogP contribution in [0.3, 0.4) is 0 Å². The van der Waals surface area contributed by atoms with Gasteiger partial charge >= 0.3 is 0 Å². The molecule has 4 rings (SSSR count). The second kappa shape index (κ2) is 7.40. The Kier molecular flexibility index (Phi) is 4.82. The molecule has 0 saturated carbocycles. The van der Waals surface area contributed by atoms with Gasteiger partial charge in [0.25, 0.3) is 0 Å². The average Bonchev–Trinajstić information content (AvgIpc) is 2.68. The molecule has 3 heterocycles. The lowest BCUT2D eigenvalue weighted by Gasteiger charge is -2.31. The molecule has 0 bridgehead atoms. The van der Waals surface area contributed by atoms with Crippen molar-refractivity contribution < 1.29 is 5.11 Å². The first-order chi connectivity index (χ1) is 12.7. The zero-order chi connectivity index (χ0) is 17.9. The Labute approximate surface area is 153 Å². The number of benzene rings is 1. The number of nitrogens with zero attached hydrogens (tertiary/aromatic N) is 3. The number of aromatic nitrogens is 2. The number of nitrogens with one attached hydrogen (secondary N) is 1. The maximum Gasteiger partial charge on any atom is 0.133 e. The summed E-state index contributed by atoms with van der Waals surface area (Å²) in [4.78, 5) is 11.5. The smallest absolute Gasteiger partial charge is 0.133 e. The lowest BCUT2D eigenvalue weighted by atomic mass is 9.99. The molecule has 0 saturated heterocycles. The highest BCUT2D eigenvalue weighted by molar-refractivity contribution is 5.82. The maximum absolute atomic E-state index is 9.29. The van der Waals surface area contributed by atoms with Crippen LogP contribution in [0.2, 0.25) is 0 Å². The van der Waals surface area contributed by atoms with Crippen molar-refractivity contribution in [2.75, 3.05) is 25.0 Å². The van der Waals surface area contributed by atoms with E-state index < -0.39 is 0 Å². The summed E-state index contributed by atoms with van der Waals surface area (Å²) in [5, 5.41) is 13.9. The number of para-hydroxylation sites is 1. The topological polar surface area (TPSA) is 61.3 Å². The molecule has 1 aromatic carbocycles. The van der Waals surface area contributed by atoms with Gasteiger partial charge in [0.2, 0.25) is 0 Å². The van der Waals surface area contributed by atoms with Crippen molar-refractivity contribution in [3.05, 3.63) is 59.9 Å². The molecule has 1 aliphatic heterocycles. The molecular formula is C21H24N4O. The summed E-state index contributed by atoms with van der Waals surface area (Å²) >= 11 is 0. The summed E-state index contributed by atoms with van der Waals surface area (Å²) in [6.45, 7) is 5.15. The number of aliphatic hydroxyl groups is 1. The van der Waals surface area contributed by atoms with Gasteiger partial charge in [0.15, 0.2) is 0 Å². The first-order valence-corrected chi connectivity index (χ1v) is 9.14. The Balaban J connectivity index is 1.55. The largest absolute Gasteiger partial charge is 0.396 e. The summed E-state index contributed by atoms with van der Waals surface area (Å²) in [5.74, 6) is 1.23. The van der Waals surface area contributed by atoms with E-state index in [4.69, 9.17) is 0 Å². The SMILES string of the molecule is CC(CO)CN1CCc2c(ccnc2Nc2cnc3ccccc3c2)C1. The molecule has 26 heavy (non-hydrogen) atoms. The van der Waals surface area contributed by atoms with E-state index in [0.29, 0.717) is 5.92 Å². The van der Waals surface area contributed by atoms with Crippen LogP contribution in [0.4, 0.5) is 11.5 Å². The van der Waals surface area contributed by atoms with Gasteiger partial charge < -0.3 is 10.4 Å². The Morgan fingerprint density at radius 2 is 2.12 bits per heavy atom. The van der Waals surface area contributed by atoms with Gasteiger partial charge in [0, 0.05) is 43.4 Å². The molecule has 3 aromatic rings. The Morgan fingerprint density at radius 3 is 3.00 bits per heavy atom. The highest BCUT2D eigenvalue weighted by Gasteiger charge is 2.20. The molecule has 1 unspecified atom stereocenters. The van der Waals surface area contributed by atoms with Gasteiger partial charge in [-0.1, -0.05) is 25.1 Å². The zero-order valence-electron chi connectivity index (χ0n) is 15.0. The quantitative estimate of drug-likeness (QED) is 0.740. The number of hydrogen-bond donors (Lipinski definition) is 2. The number of anilines is 2. The van der Waals surface area contributed by atoms with Crippen molar-refractivity contribution in [1.29, 1.82) is 0 Å². The number of hydrogen-bond acceptors (Lipinski definition) is 5. The number of aliphatic hydroxyl groups excluding tert-OH is 1. The molecule has 134 valence electrons. The second-order valence-electron chi connectivity index (χ2n) is 7.11. The van der Waals surface area contributed by atoms with Gasteiger partial charge in [-0.2, -0.15) is 0 Å². The second-order valence-corrected chi connectivity index (χ2v) is 7.11. The normalized spacial score (nSPS) is 15.6. The molecule has 0 amide bonds. The fourth-order valence-corrected chi connectivity index (χ4v) is 3.59. The predicted molar refractivity (Wildman–Crippen MR) is 104 cm³/mol. The minimum Gasteiger partial charge on any atom is -0.396 e. The number of pyridine rings is 2. The predicted octanol–water partition coefficient (Wildman–Crippen LogP) is 3.36. The van der Waals surface area contributed by atoms with E-state index in [1.165, 1.54) is 11.1 Å². The van der Waals surface area contributed by atoms with Crippen LogP contribution in [0, 0.1) is 5.92 Å². The van der Waals surface area contributed by atoms with Crippen LogP contribution >= 0.6 is 0 Å². The fraction of sp³-hybridized carbons (Fsp3) is 0.333. The summed E-state index contributed by atoms with van der Waals surface area (Å²) in [6, 6.07) is 12.3. The van der Waals surface area contributed by atoms with Gasteiger partial charge in [0.05, 0.1) is 17.4 Å². The number of fused-ring (bicyclic) bond motifs is 2. The standard InChI is InChI=1S/C21H24N4O/c1-15(14-26)12-25-9-7-19-17(13-25)6-8-22-21(19)24-18-10-16-4-2-3-5-20(16)23-11-18/h2-6,8,10-11,15,26H,7,9,12-14H2,1H3,(H,22,24). The first-order valence-electron chi connectivity index (χ1n) is 9.14. The third-order valence-corrected chi connectivity index (χ3v) is 4.96. The summed E-state index contributed by atoms with van der Waals surface area (Å²) in [7, 11) is 0. The molecule has 2 N–H and O–H groups in total. The maximum atomic E-state index is 9.29. The van der Waals surface area contributed by atoms with Gasteiger partial charge in [-0.15, -0.1) is 0 Å². The van der Waals surface area contributed by atoms with Crippen LogP contribution < -0.4 is 5.32 Å². The number of rotatable bonds is 5. The zero-order valence-corrected chi connectivity index (χ0v) is 15.0. The van der Waals surface area contributed by atoms with Crippen LogP contribution in [0.1, 0.15) is 18.1 Å². The van der Waals surface area contributed by atoms with Crippen molar-refractivity contribution in [2.24, 2.45) is 5.92 Å². The monoisotopic (exact) mass is 348 g/mol. The lowest BCUT2D eigenvalue weighted by molar-refractivity contribution is 0.164. The molecule has 0 aliphatic carbocycles. The minimum absolute atomic E-state index is 0.238. The molecular weight excluding hydrogens is 324 g/mol. The van der Waals surface area contributed by atoms with E-state index in [1.807, 2.05) is 30.6 Å². The Morgan fingerprint density at radius 1 is 1.23 bits per heavy atom. The van der Waals surface area contributed by atoms with Crippen molar-refractivity contribution in [3.63, 3.8) is 0 Å². The van der Waals surface area contributed by atoms with Crippen LogP contribution in [0.15, 0.2) is 48.8 Å². The molecule has 2 aromatic heterocycles. The van der Waals surface area contributed by atoms with E-state index >= 15 is 0 Å². The average molecular weight is 348 g/mol. The molecule has 0 fully saturated rings. The Hall–Kier alpha value is -2.50. The highest BCUT2D eigenvalue weighted by atomic mass is 16.3. The van der Waals surface area contributed by atoms with Crippen LogP contribution in [-0.4, -0.2) is 39.7 Å². The van der Waals surface area contributed by atoms with E-state index in [0.717, 1.165) is 48.5 Å². The van der Waals surface area contributed by atoms with Gasteiger partial charge in [0.1, 0.15) is 5.82 Å². The third kappa shape index (κ3) is 3.54. The lowest BCUT2D eigenvalue weighted by Crippen LogP contribution is -2.35. The fourth-order valence-electron chi connectivity index (χ4n) is 3.59. The summed E-state index contributed by atoms with van der Waals surface area (Å²) in [6.07, 6.45) is 4.70.